The molecule has 1 saturated heterocycles. The van der Waals surface area contributed by atoms with Crippen molar-refractivity contribution in [3.05, 3.63) is 35.0 Å². The Morgan fingerprint density at radius 1 is 1.43 bits per heavy atom. The van der Waals surface area contributed by atoms with Gasteiger partial charge in [-0.05, 0) is 56.6 Å². The summed E-state index contributed by atoms with van der Waals surface area (Å²) in [7, 11) is 2.15. The minimum atomic E-state index is -0.0158. The average Bonchev–Trinajstić information content (AvgIpc) is 3.13. The zero-order valence-electron chi connectivity index (χ0n) is 13.7. The summed E-state index contributed by atoms with van der Waals surface area (Å²) in [4.78, 5) is 16.9. The molecule has 2 aromatic rings. The molecule has 23 heavy (non-hydrogen) atoms. The summed E-state index contributed by atoms with van der Waals surface area (Å²) in [5.41, 5.74) is 0.705. The van der Waals surface area contributed by atoms with Gasteiger partial charge >= 0.3 is 0 Å². The monoisotopic (exact) mass is 334 g/mol. The molecule has 0 spiro atoms. The van der Waals surface area contributed by atoms with Gasteiger partial charge in [-0.1, -0.05) is 18.5 Å². The van der Waals surface area contributed by atoms with Gasteiger partial charge in [0, 0.05) is 30.0 Å². The molecule has 1 fully saturated rings. The van der Waals surface area contributed by atoms with E-state index in [-0.39, 0.29) is 5.91 Å². The third kappa shape index (κ3) is 3.70. The van der Waals surface area contributed by atoms with E-state index in [0.717, 1.165) is 44.4 Å². The second-order valence-corrected chi connectivity index (χ2v) is 6.90. The number of hydrogen-bond acceptors (Lipinski definition) is 3. The van der Waals surface area contributed by atoms with Crippen molar-refractivity contribution in [2.24, 2.45) is 5.92 Å². The van der Waals surface area contributed by atoms with Crippen LogP contribution in [0.25, 0.3) is 11.0 Å². The third-order valence-corrected chi connectivity index (χ3v) is 4.67. The Morgan fingerprint density at radius 2 is 2.26 bits per heavy atom. The minimum Gasteiger partial charge on any atom is -0.451 e. The fourth-order valence-corrected chi connectivity index (χ4v) is 3.54. The van der Waals surface area contributed by atoms with Crippen LogP contribution < -0.4 is 0 Å². The normalized spacial score (nSPS) is 18.3. The molecule has 5 heteroatoms. The highest BCUT2D eigenvalue weighted by molar-refractivity contribution is 6.31. The SMILES string of the molecule is CCCN(C)CC1CCN(C(=O)c2cc3cc(Cl)ccc3o2)C1. The van der Waals surface area contributed by atoms with E-state index in [4.69, 9.17) is 16.0 Å². The smallest absolute Gasteiger partial charge is 0.289 e. The maximum absolute atomic E-state index is 12.6. The fourth-order valence-electron chi connectivity index (χ4n) is 3.36. The molecule has 1 amide bonds. The van der Waals surface area contributed by atoms with Gasteiger partial charge in [0.1, 0.15) is 5.58 Å². The molecule has 4 nitrogen and oxygen atoms in total. The van der Waals surface area contributed by atoms with Gasteiger partial charge < -0.3 is 14.2 Å². The standard InChI is InChI=1S/C18H23ClN2O2/c1-3-7-20(2)11-13-6-8-21(12-13)18(22)17-10-14-9-15(19)4-5-16(14)23-17/h4-5,9-10,13H,3,6-8,11-12H2,1-2H3. The quantitative estimate of drug-likeness (QED) is 0.832. The zero-order valence-corrected chi connectivity index (χ0v) is 14.5. The second kappa shape index (κ2) is 6.93. The van der Waals surface area contributed by atoms with Gasteiger partial charge in [-0.3, -0.25) is 4.79 Å². The highest BCUT2D eigenvalue weighted by Gasteiger charge is 2.29. The van der Waals surface area contributed by atoms with E-state index in [1.54, 1.807) is 18.2 Å². The van der Waals surface area contributed by atoms with Gasteiger partial charge in [-0.15, -0.1) is 0 Å². The first-order valence-corrected chi connectivity index (χ1v) is 8.61. The largest absolute Gasteiger partial charge is 0.451 e. The van der Waals surface area contributed by atoms with Gasteiger partial charge in [0.15, 0.2) is 5.76 Å². The first-order chi connectivity index (χ1) is 11.1. The number of amides is 1. The molecule has 0 N–H and O–H groups in total. The molecule has 1 aromatic carbocycles. The molecule has 3 rings (SSSR count). The van der Waals surface area contributed by atoms with E-state index in [1.807, 2.05) is 11.0 Å². The van der Waals surface area contributed by atoms with Crippen LogP contribution in [0.3, 0.4) is 0 Å². The number of halogens is 1. The molecule has 1 atom stereocenters. The van der Waals surface area contributed by atoms with Crippen LogP contribution in [0, 0.1) is 5.92 Å². The topological polar surface area (TPSA) is 36.7 Å². The number of furan rings is 1. The molecule has 1 aliphatic rings. The van der Waals surface area contributed by atoms with Crippen molar-refractivity contribution < 1.29 is 9.21 Å². The van der Waals surface area contributed by atoms with Gasteiger partial charge in [-0.2, -0.15) is 0 Å². The molecular formula is C18H23ClN2O2. The Kier molecular flexibility index (Phi) is 4.93. The van der Waals surface area contributed by atoms with Crippen molar-refractivity contribution >= 4 is 28.5 Å². The van der Waals surface area contributed by atoms with Crippen LogP contribution in [0.15, 0.2) is 28.7 Å². The van der Waals surface area contributed by atoms with Crippen LogP contribution in [0.5, 0.6) is 0 Å². The van der Waals surface area contributed by atoms with Crippen LogP contribution in [-0.4, -0.2) is 48.9 Å². The lowest BCUT2D eigenvalue weighted by molar-refractivity contribution is 0.0755. The lowest BCUT2D eigenvalue weighted by atomic mass is 10.1. The van der Waals surface area contributed by atoms with E-state index in [2.05, 4.69) is 18.9 Å². The molecule has 124 valence electrons. The predicted octanol–water partition coefficient (Wildman–Crippen LogP) is 3.89. The van der Waals surface area contributed by atoms with Crippen molar-refractivity contribution in [2.45, 2.75) is 19.8 Å². The number of rotatable bonds is 5. The number of fused-ring (bicyclic) bond motifs is 1. The maximum Gasteiger partial charge on any atom is 0.289 e. The number of carbonyl (C=O) groups excluding carboxylic acids is 1. The number of nitrogens with zero attached hydrogens (tertiary/aromatic N) is 2. The van der Waals surface area contributed by atoms with Gasteiger partial charge in [-0.25, -0.2) is 0 Å². The van der Waals surface area contributed by atoms with Crippen molar-refractivity contribution in [3.63, 3.8) is 0 Å². The zero-order chi connectivity index (χ0) is 16.4. The lowest BCUT2D eigenvalue weighted by Gasteiger charge is -2.20. The Balaban J connectivity index is 1.66. The van der Waals surface area contributed by atoms with Crippen molar-refractivity contribution in [2.75, 3.05) is 33.2 Å². The van der Waals surface area contributed by atoms with Crippen LogP contribution in [0.4, 0.5) is 0 Å². The first kappa shape index (κ1) is 16.3. The number of hydrogen-bond donors (Lipinski definition) is 0. The van der Waals surface area contributed by atoms with Gasteiger partial charge in [0.05, 0.1) is 0 Å². The van der Waals surface area contributed by atoms with Crippen molar-refractivity contribution in [1.82, 2.24) is 9.80 Å². The summed E-state index contributed by atoms with van der Waals surface area (Å²) in [6.07, 6.45) is 2.22. The third-order valence-electron chi connectivity index (χ3n) is 4.44. The molecule has 0 aliphatic carbocycles. The molecule has 0 radical (unpaired) electrons. The predicted molar refractivity (Wildman–Crippen MR) is 93.0 cm³/mol. The van der Waals surface area contributed by atoms with Crippen LogP contribution in [0.2, 0.25) is 5.02 Å². The molecule has 0 bridgehead atoms. The molecule has 0 saturated carbocycles. The van der Waals surface area contributed by atoms with Crippen LogP contribution in [0.1, 0.15) is 30.3 Å². The summed E-state index contributed by atoms with van der Waals surface area (Å²) in [6, 6.07) is 7.20. The lowest BCUT2D eigenvalue weighted by Crippen LogP contribution is -2.31. The average molecular weight is 335 g/mol. The van der Waals surface area contributed by atoms with E-state index in [0.29, 0.717) is 22.3 Å². The Labute approximate surface area is 142 Å². The van der Waals surface area contributed by atoms with E-state index < -0.39 is 0 Å². The summed E-state index contributed by atoms with van der Waals surface area (Å²) < 4.78 is 5.69. The fraction of sp³-hybridized carbons (Fsp3) is 0.500. The van der Waals surface area contributed by atoms with Crippen LogP contribution in [-0.2, 0) is 0 Å². The Morgan fingerprint density at radius 3 is 3.04 bits per heavy atom. The minimum absolute atomic E-state index is 0.0158. The number of likely N-dealkylation sites (tertiary alicyclic amines) is 1. The Hall–Kier alpha value is -1.52. The summed E-state index contributed by atoms with van der Waals surface area (Å²) in [5.74, 6) is 0.942. The van der Waals surface area contributed by atoms with Crippen molar-refractivity contribution in [1.29, 1.82) is 0 Å². The first-order valence-electron chi connectivity index (χ1n) is 8.23. The van der Waals surface area contributed by atoms with E-state index >= 15 is 0 Å². The molecule has 1 unspecified atom stereocenters. The molecule has 1 aliphatic heterocycles. The van der Waals surface area contributed by atoms with Gasteiger partial charge in [0.25, 0.3) is 5.91 Å². The molecular weight excluding hydrogens is 312 g/mol. The van der Waals surface area contributed by atoms with Crippen LogP contribution >= 0.6 is 11.6 Å². The number of carbonyl (C=O) groups is 1. The van der Waals surface area contributed by atoms with E-state index in [9.17, 15) is 4.79 Å². The second-order valence-electron chi connectivity index (χ2n) is 6.46. The van der Waals surface area contributed by atoms with Crippen molar-refractivity contribution in [3.8, 4) is 0 Å². The molecule has 1 aromatic heterocycles. The maximum atomic E-state index is 12.6. The number of benzene rings is 1. The highest BCUT2D eigenvalue weighted by atomic mass is 35.5. The summed E-state index contributed by atoms with van der Waals surface area (Å²) in [6.45, 7) is 5.96. The summed E-state index contributed by atoms with van der Waals surface area (Å²) in [5, 5.41) is 1.52. The highest BCUT2D eigenvalue weighted by Crippen LogP contribution is 2.26. The summed E-state index contributed by atoms with van der Waals surface area (Å²) >= 11 is 5.99. The van der Waals surface area contributed by atoms with E-state index in [1.165, 1.54) is 0 Å². The van der Waals surface area contributed by atoms with Gasteiger partial charge in [0.2, 0.25) is 0 Å². The molecule has 2 heterocycles. The Bertz CT molecular complexity index is 697.